The minimum atomic E-state index is -1.03. The molecule has 7 amide bonds. The molecule has 400 valence electrons. The van der Waals surface area contributed by atoms with Gasteiger partial charge in [-0.25, -0.2) is 0 Å². The number of hydrogen-bond donors (Lipinski definition) is 5. The smallest absolute Gasteiger partial charge is 0.303 e. The maximum atomic E-state index is 13.3. The van der Waals surface area contributed by atoms with Crippen molar-refractivity contribution in [2.24, 2.45) is 5.92 Å². The molecule has 2 atom stereocenters. The van der Waals surface area contributed by atoms with Crippen LogP contribution in [0.25, 0.3) is 10.1 Å². The number of benzene rings is 3. The number of hydrogen-bond acceptors (Lipinski definition) is 14. The lowest BCUT2D eigenvalue weighted by Crippen LogP contribution is -2.53. The minimum Gasteiger partial charge on any atom is -0.493 e. The van der Waals surface area contributed by atoms with Crippen molar-refractivity contribution >= 4 is 80.2 Å². The highest BCUT2D eigenvalue weighted by Gasteiger charge is 2.29. The number of methoxy groups -OCH3 is 2. The molecule has 0 saturated heterocycles. The average molecular weight is 1050 g/mol. The number of ether oxygens (including phenoxy) is 4. The Morgan fingerprint density at radius 2 is 1.32 bits per heavy atom. The summed E-state index contributed by atoms with van der Waals surface area (Å²) in [6, 6.07) is 14.0. The molecule has 0 aliphatic carbocycles. The molecule has 5 N–H and O–H groups in total. The number of carbonyl (C=O) groups is 9. The first-order valence-electron chi connectivity index (χ1n) is 24.8. The first kappa shape index (κ1) is 56.5. The Morgan fingerprint density at radius 1 is 0.680 bits per heavy atom. The molecule has 0 bridgehead atoms. The second-order valence-electron chi connectivity index (χ2n) is 18.5. The Morgan fingerprint density at radius 3 is 1.96 bits per heavy atom. The van der Waals surface area contributed by atoms with E-state index >= 15 is 0 Å². The van der Waals surface area contributed by atoms with E-state index in [4.69, 9.17) is 24.1 Å². The summed E-state index contributed by atoms with van der Waals surface area (Å²) >= 11 is 1.27. The summed E-state index contributed by atoms with van der Waals surface area (Å²) in [5, 5.41) is 20.7. The van der Waals surface area contributed by atoms with E-state index in [1.807, 2.05) is 12.1 Å². The predicted octanol–water partition coefficient (Wildman–Crippen LogP) is 5.82. The fraction of sp³-hybridized carbons (Fsp3) is 0.426. The molecule has 0 spiro atoms. The Bertz CT molecular complexity index is 2790. The molecule has 4 aromatic rings. The van der Waals surface area contributed by atoms with E-state index in [9.17, 15) is 43.2 Å². The van der Waals surface area contributed by atoms with Crippen molar-refractivity contribution in [3.05, 3.63) is 88.3 Å². The maximum Gasteiger partial charge on any atom is 0.303 e. The van der Waals surface area contributed by atoms with Crippen LogP contribution in [0.15, 0.2) is 66.7 Å². The summed E-state index contributed by atoms with van der Waals surface area (Å²) in [5.74, 6) is -1.97. The number of imide groups is 1. The SMILES string of the molecule is COc1cc2c(cc1OCCCOc1cc3cc(C(=O)CCC(=O)O)sc3cc1OC)CN(C(=O)CCC(=O)NCc1ccc(NC(=O)[C@H](C)NC(=O)[C@@H](NC(=O)CCCCCN3C(=O)C=CC3=O)C(C)C)cc1)C2. The molecule has 0 unspecified atom stereocenters. The minimum absolute atomic E-state index is 0.00755. The van der Waals surface area contributed by atoms with Gasteiger partial charge in [0.05, 0.1) is 38.7 Å². The van der Waals surface area contributed by atoms with Crippen LogP contribution >= 0.6 is 11.3 Å². The van der Waals surface area contributed by atoms with Crippen LogP contribution in [0, 0.1) is 5.92 Å². The molecule has 2 aliphatic rings. The van der Waals surface area contributed by atoms with Crippen molar-refractivity contribution in [3.8, 4) is 23.0 Å². The number of fused-ring (bicyclic) bond motifs is 2. The van der Waals surface area contributed by atoms with Crippen LogP contribution in [-0.4, -0.2) is 114 Å². The number of carboxylic acid groups (broad SMARTS) is 1. The molecule has 20 nitrogen and oxygen atoms in total. The van der Waals surface area contributed by atoms with Gasteiger partial charge in [0.15, 0.2) is 28.8 Å². The molecule has 0 saturated carbocycles. The number of unbranched alkanes of at least 4 members (excludes halogenated alkanes) is 2. The topological polar surface area (TPSA) is 265 Å². The van der Waals surface area contributed by atoms with Crippen LogP contribution in [0.2, 0.25) is 0 Å². The van der Waals surface area contributed by atoms with Crippen LogP contribution in [0.1, 0.15) is 105 Å². The number of thiophene rings is 1. The van der Waals surface area contributed by atoms with E-state index in [1.165, 1.54) is 37.5 Å². The fourth-order valence-corrected chi connectivity index (χ4v) is 9.28. The number of carbonyl (C=O) groups excluding carboxylic acids is 8. The fourth-order valence-electron chi connectivity index (χ4n) is 8.24. The third kappa shape index (κ3) is 16.1. The second kappa shape index (κ2) is 26.9. The van der Waals surface area contributed by atoms with Gasteiger partial charge in [0.2, 0.25) is 29.5 Å². The molecule has 3 heterocycles. The van der Waals surface area contributed by atoms with Crippen LogP contribution < -0.4 is 40.2 Å². The molecule has 6 rings (SSSR count). The van der Waals surface area contributed by atoms with Gasteiger partial charge in [-0.15, -0.1) is 11.3 Å². The van der Waals surface area contributed by atoms with E-state index in [-0.39, 0.29) is 86.4 Å². The molecule has 0 radical (unpaired) electrons. The molecular formula is C54H64N6O14S. The third-order valence-electron chi connectivity index (χ3n) is 12.5. The highest BCUT2D eigenvalue weighted by Crippen LogP contribution is 2.38. The predicted molar refractivity (Wildman–Crippen MR) is 277 cm³/mol. The largest absolute Gasteiger partial charge is 0.493 e. The molecule has 75 heavy (non-hydrogen) atoms. The zero-order chi connectivity index (χ0) is 54.2. The lowest BCUT2D eigenvalue weighted by Gasteiger charge is -2.24. The van der Waals surface area contributed by atoms with Crippen molar-refractivity contribution < 1.29 is 67.2 Å². The van der Waals surface area contributed by atoms with Crippen molar-refractivity contribution in [2.75, 3.05) is 39.3 Å². The number of amides is 7. The van der Waals surface area contributed by atoms with Gasteiger partial charge in [-0.1, -0.05) is 32.4 Å². The van der Waals surface area contributed by atoms with Gasteiger partial charge in [-0.3, -0.25) is 48.1 Å². The normalized spacial score (nSPS) is 13.6. The zero-order valence-electron chi connectivity index (χ0n) is 42.7. The van der Waals surface area contributed by atoms with Gasteiger partial charge in [-0.05, 0) is 84.2 Å². The van der Waals surface area contributed by atoms with Gasteiger partial charge < -0.3 is 50.2 Å². The Hall–Kier alpha value is -7.81. The maximum absolute atomic E-state index is 13.3. The Labute approximate surface area is 438 Å². The molecule has 0 fully saturated rings. The lowest BCUT2D eigenvalue weighted by molar-refractivity contribution is -0.138. The highest BCUT2D eigenvalue weighted by atomic mass is 32.1. The summed E-state index contributed by atoms with van der Waals surface area (Å²) in [6.07, 6.45) is 4.48. The van der Waals surface area contributed by atoms with Crippen LogP contribution in [0.4, 0.5) is 5.69 Å². The summed E-state index contributed by atoms with van der Waals surface area (Å²) < 4.78 is 24.1. The summed E-state index contributed by atoms with van der Waals surface area (Å²) in [6.45, 7) is 6.87. The number of ketones is 1. The number of nitrogens with zero attached hydrogens (tertiary/aromatic N) is 2. The van der Waals surface area contributed by atoms with Crippen molar-refractivity contribution in [1.82, 2.24) is 25.8 Å². The number of carboxylic acids is 1. The number of anilines is 1. The number of rotatable bonds is 29. The third-order valence-corrected chi connectivity index (χ3v) is 13.6. The Kier molecular flexibility index (Phi) is 20.3. The van der Waals surface area contributed by atoms with Crippen LogP contribution in [-0.2, 0) is 58.0 Å². The van der Waals surface area contributed by atoms with Crippen molar-refractivity contribution in [1.29, 1.82) is 0 Å². The van der Waals surface area contributed by atoms with Gasteiger partial charge in [-0.2, -0.15) is 0 Å². The van der Waals surface area contributed by atoms with Gasteiger partial charge in [0, 0.05) is 86.9 Å². The van der Waals surface area contributed by atoms with E-state index in [1.54, 1.807) is 68.3 Å². The van der Waals surface area contributed by atoms with Crippen LogP contribution in [0.3, 0.4) is 0 Å². The molecule has 3 aromatic carbocycles. The molecular weight excluding hydrogens is 989 g/mol. The number of Topliss-reactive ketones (excluding diaryl/α,β-unsaturated/α-hetero) is 1. The monoisotopic (exact) mass is 1050 g/mol. The summed E-state index contributed by atoms with van der Waals surface area (Å²) in [5.41, 5.74) is 3.04. The molecule has 2 aliphatic heterocycles. The van der Waals surface area contributed by atoms with E-state index < -0.39 is 29.9 Å². The van der Waals surface area contributed by atoms with Crippen molar-refractivity contribution in [3.63, 3.8) is 0 Å². The standard InChI is InChI=1S/C54H64N6O14S/c1-32(2)52(58-47(63)10-7-6-8-21-60-49(65)18-19-50(60)66)54(70)56-33(3)53(69)57-38-13-11-34(12-14-38)29-55-46(62)16-17-48(64)59-30-36-25-40(71-4)43(26-37(36)31-59)74-23-9-22-73-42-24-35-27-45(39(61)15-20-51(67)68)75-44(35)28-41(42)72-5/h11-14,18-19,24-28,32-33,52H,6-10,15-17,20-23,29-31H2,1-5H3,(H,55,62)(H,56,70)(H,57,69)(H,58,63)(H,67,68)/t33-,52-/m0/s1. The van der Waals surface area contributed by atoms with E-state index in [0.717, 1.165) is 31.7 Å². The van der Waals surface area contributed by atoms with Crippen LogP contribution in [0.5, 0.6) is 23.0 Å². The lowest BCUT2D eigenvalue weighted by atomic mass is 10.0. The molecule has 21 heteroatoms. The first-order valence-corrected chi connectivity index (χ1v) is 25.6. The van der Waals surface area contributed by atoms with Gasteiger partial charge in [0.25, 0.3) is 11.8 Å². The van der Waals surface area contributed by atoms with E-state index in [2.05, 4.69) is 21.3 Å². The van der Waals surface area contributed by atoms with Gasteiger partial charge in [0.1, 0.15) is 12.1 Å². The summed E-state index contributed by atoms with van der Waals surface area (Å²) in [4.78, 5) is 115. The first-order chi connectivity index (χ1) is 35.9. The average Bonchev–Trinajstić information content (AvgIpc) is 4.10. The van der Waals surface area contributed by atoms with Crippen molar-refractivity contribution in [2.45, 2.75) is 110 Å². The number of aliphatic carboxylic acids is 1. The van der Waals surface area contributed by atoms with E-state index in [0.29, 0.717) is 85.5 Å². The quantitative estimate of drug-likeness (QED) is 0.0244. The zero-order valence-corrected chi connectivity index (χ0v) is 43.6. The highest BCUT2D eigenvalue weighted by molar-refractivity contribution is 7.20. The number of nitrogens with one attached hydrogen (secondary N) is 4. The molecule has 1 aromatic heterocycles. The second-order valence-corrected chi connectivity index (χ2v) is 19.6. The van der Waals surface area contributed by atoms with Gasteiger partial charge >= 0.3 is 5.97 Å². The summed E-state index contributed by atoms with van der Waals surface area (Å²) in [7, 11) is 3.07. The Balaban J connectivity index is 0.868.